The van der Waals surface area contributed by atoms with Crippen molar-refractivity contribution in [1.29, 1.82) is 0 Å². The van der Waals surface area contributed by atoms with Gasteiger partial charge in [0.05, 0.1) is 11.7 Å². The third-order valence-corrected chi connectivity index (χ3v) is 3.34. The molecule has 0 fully saturated rings. The highest BCUT2D eigenvalue weighted by Crippen LogP contribution is 2.26. The first kappa shape index (κ1) is 10.8. The van der Waals surface area contributed by atoms with Crippen LogP contribution in [-0.2, 0) is 7.05 Å². The minimum atomic E-state index is 0.699. The molecule has 3 rings (SSSR count). The van der Waals surface area contributed by atoms with Gasteiger partial charge in [-0.05, 0) is 25.1 Å². The molecule has 0 saturated heterocycles. The van der Waals surface area contributed by atoms with Gasteiger partial charge in [-0.3, -0.25) is 9.48 Å². The van der Waals surface area contributed by atoms with Gasteiger partial charge in [-0.25, -0.2) is 0 Å². The molecule has 0 amide bonds. The highest BCUT2D eigenvalue weighted by Gasteiger charge is 2.10. The average Bonchev–Trinajstić information content (AvgIpc) is 2.94. The topological polar surface area (TPSA) is 39.3 Å². The molecule has 3 aromatic heterocycles. The minimum absolute atomic E-state index is 0.699. The molecule has 0 saturated carbocycles. The summed E-state index contributed by atoms with van der Waals surface area (Å²) in [4.78, 5) is 11.0. The first-order chi connectivity index (χ1) is 8.70. The molecule has 90 valence electrons. The molecule has 0 aliphatic carbocycles. The van der Waals surface area contributed by atoms with Gasteiger partial charge in [0, 0.05) is 41.8 Å². The van der Waals surface area contributed by atoms with Crippen molar-refractivity contribution < 1.29 is 4.79 Å². The lowest BCUT2D eigenvalue weighted by Crippen LogP contribution is -1.92. The van der Waals surface area contributed by atoms with Crippen molar-refractivity contribution in [3.05, 3.63) is 48.0 Å². The molecule has 0 N–H and O–H groups in total. The summed E-state index contributed by atoms with van der Waals surface area (Å²) < 4.78 is 3.81. The van der Waals surface area contributed by atoms with Crippen LogP contribution in [0.3, 0.4) is 0 Å². The molecule has 0 aromatic carbocycles. The zero-order valence-corrected chi connectivity index (χ0v) is 10.3. The lowest BCUT2D eigenvalue weighted by Gasteiger charge is -1.96. The minimum Gasteiger partial charge on any atom is -0.323 e. The van der Waals surface area contributed by atoms with Gasteiger partial charge in [0.1, 0.15) is 0 Å². The van der Waals surface area contributed by atoms with Gasteiger partial charge in [0.25, 0.3) is 0 Å². The normalized spacial score (nSPS) is 11.0. The van der Waals surface area contributed by atoms with E-state index < -0.39 is 0 Å². The van der Waals surface area contributed by atoms with E-state index in [0.717, 1.165) is 28.6 Å². The quantitative estimate of drug-likeness (QED) is 0.644. The number of hydrogen-bond donors (Lipinski definition) is 0. The SMILES string of the molecule is Cc1c(-c2cc3c(C=O)cccn3c2)cnn1C. The van der Waals surface area contributed by atoms with E-state index in [1.54, 1.807) is 0 Å². The number of pyridine rings is 1. The molecule has 3 heterocycles. The van der Waals surface area contributed by atoms with Gasteiger partial charge in [-0.1, -0.05) is 0 Å². The van der Waals surface area contributed by atoms with Crippen LogP contribution in [0, 0.1) is 6.92 Å². The third kappa shape index (κ3) is 1.46. The summed E-state index contributed by atoms with van der Waals surface area (Å²) in [6.45, 7) is 2.03. The van der Waals surface area contributed by atoms with Crippen LogP contribution in [0.1, 0.15) is 16.1 Å². The van der Waals surface area contributed by atoms with Crippen LogP contribution in [0.5, 0.6) is 0 Å². The van der Waals surface area contributed by atoms with E-state index in [1.165, 1.54) is 0 Å². The van der Waals surface area contributed by atoms with Gasteiger partial charge in [-0.2, -0.15) is 5.10 Å². The molecule has 0 aliphatic rings. The van der Waals surface area contributed by atoms with Crippen molar-refractivity contribution in [2.45, 2.75) is 6.92 Å². The summed E-state index contributed by atoms with van der Waals surface area (Å²) >= 11 is 0. The largest absolute Gasteiger partial charge is 0.323 e. The maximum absolute atomic E-state index is 11.0. The number of hydrogen-bond acceptors (Lipinski definition) is 2. The standard InChI is InChI=1S/C14H13N3O/c1-10-13(7-15-16(10)2)12-6-14-11(9-18)4-3-5-17(14)8-12/h3-9H,1-2H3. The van der Waals surface area contributed by atoms with Crippen LogP contribution in [0.25, 0.3) is 16.6 Å². The van der Waals surface area contributed by atoms with Gasteiger partial charge < -0.3 is 4.40 Å². The predicted octanol–water partition coefficient (Wildman–Crippen LogP) is 2.46. The molecule has 0 bridgehead atoms. The Morgan fingerprint density at radius 1 is 1.39 bits per heavy atom. The van der Waals surface area contributed by atoms with Crippen LogP contribution in [0.15, 0.2) is 36.8 Å². The number of rotatable bonds is 2. The second-order valence-corrected chi connectivity index (χ2v) is 4.37. The molecule has 0 unspecified atom stereocenters. The second-order valence-electron chi connectivity index (χ2n) is 4.37. The number of aldehydes is 1. The molecule has 18 heavy (non-hydrogen) atoms. The third-order valence-electron chi connectivity index (χ3n) is 3.34. The van der Waals surface area contributed by atoms with Crippen LogP contribution in [-0.4, -0.2) is 20.5 Å². The van der Waals surface area contributed by atoms with Crippen LogP contribution < -0.4 is 0 Å². The molecule has 0 spiro atoms. The lowest BCUT2D eigenvalue weighted by molar-refractivity contribution is 0.112. The first-order valence-electron chi connectivity index (χ1n) is 5.75. The number of aromatic nitrogens is 3. The molecular weight excluding hydrogens is 226 g/mol. The summed E-state index contributed by atoms with van der Waals surface area (Å²) in [7, 11) is 1.92. The predicted molar refractivity (Wildman–Crippen MR) is 69.7 cm³/mol. The Hall–Kier alpha value is -2.36. The number of carbonyl (C=O) groups excluding carboxylic acids is 1. The van der Waals surface area contributed by atoms with Crippen LogP contribution in [0.4, 0.5) is 0 Å². The van der Waals surface area contributed by atoms with Crippen LogP contribution in [0.2, 0.25) is 0 Å². The summed E-state index contributed by atoms with van der Waals surface area (Å²) in [5.41, 5.74) is 4.91. The van der Waals surface area contributed by atoms with Crippen molar-refractivity contribution in [2.75, 3.05) is 0 Å². The van der Waals surface area contributed by atoms with Gasteiger partial charge in [0.2, 0.25) is 0 Å². The molecule has 0 aliphatic heterocycles. The van der Waals surface area contributed by atoms with E-state index >= 15 is 0 Å². The Kier molecular flexibility index (Phi) is 2.30. The second kappa shape index (κ2) is 3.84. The van der Waals surface area contributed by atoms with Gasteiger partial charge in [0.15, 0.2) is 6.29 Å². The van der Waals surface area contributed by atoms with Gasteiger partial charge >= 0.3 is 0 Å². The van der Waals surface area contributed by atoms with Crippen molar-refractivity contribution in [3.8, 4) is 11.1 Å². The highest BCUT2D eigenvalue weighted by molar-refractivity contribution is 5.88. The van der Waals surface area contributed by atoms with Crippen molar-refractivity contribution in [1.82, 2.24) is 14.2 Å². The lowest BCUT2D eigenvalue weighted by atomic mass is 10.1. The van der Waals surface area contributed by atoms with E-state index in [2.05, 4.69) is 5.10 Å². The smallest absolute Gasteiger partial charge is 0.152 e. The molecule has 4 heteroatoms. The summed E-state index contributed by atoms with van der Waals surface area (Å²) in [5, 5.41) is 4.24. The maximum atomic E-state index is 11.0. The molecule has 4 nitrogen and oxygen atoms in total. The fraction of sp³-hybridized carbons (Fsp3) is 0.143. The van der Waals surface area contributed by atoms with Crippen LogP contribution >= 0.6 is 0 Å². The van der Waals surface area contributed by atoms with Crippen molar-refractivity contribution >= 4 is 11.8 Å². The Labute approximate surface area is 104 Å². The van der Waals surface area contributed by atoms with E-state index in [1.807, 2.05) is 59.8 Å². The fourth-order valence-corrected chi connectivity index (χ4v) is 2.19. The van der Waals surface area contributed by atoms with Crippen molar-refractivity contribution in [2.24, 2.45) is 7.05 Å². The Morgan fingerprint density at radius 3 is 2.89 bits per heavy atom. The number of aryl methyl sites for hydroxylation is 1. The van der Waals surface area contributed by atoms with E-state index in [0.29, 0.717) is 5.56 Å². The Bertz CT molecular complexity index is 737. The summed E-state index contributed by atoms with van der Waals surface area (Å²) in [6.07, 6.45) is 6.70. The molecular formula is C14H13N3O. The zero-order chi connectivity index (χ0) is 12.7. The number of nitrogens with zero attached hydrogens (tertiary/aromatic N) is 3. The van der Waals surface area contributed by atoms with E-state index in [4.69, 9.17) is 0 Å². The zero-order valence-electron chi connectivity index (χ0n) is 10.3. The fourth-order valence-electron chi connectivity index (χ4n) is 2.19. The highest BCUT2D eigenvalue weighted by atomic mass is 16.1. The molecule has 3 aromatic rings. The first-order valence-corrected chi connectivity index (χ1v) is 5.75. The Balaban J connectivity index is 2.25. The van der Waals surface area contributed by atoms with E-state index in [-0.39, 0.29) is 0 Å². The molecule has 0 atom stereocenters. The monoisotopic (exact) mass is 239 g/mol. The van der Waals surface area contributed by atoms with Gasteiger partial charge in [-0.15, -0.1) is 0 Å². The average molecular weight is 239 g/mol. The number of carbonyl (C=O) groups is 1. The number of fused-ring (bicyclic) bond motifs is 1. The van der Waals surface area contributed by atoms with E-state index in [9.17, 15) is 4.79 Å². The molecule has 0 radical (unpaired) electrons. The summed E-state index contributed by atoms with van der Waals surface area (Å²) in [6, 6.07) is 5.71. The van der Waals surface area contributed by atoms with Crippen molar-refractivity contribution in [3.63, 3.8) is 0 Å². The summed E-state index contributed by atoms with van der Waals surface area (Å²) in [5.74, 6) is 0. The Morgan fingerprint density at radius 2 is 2.22 bits per heavy atom. The maximum Gasteiger partial charge on any atom is 0.152 e.